The van der Waals surface area contributed by atoms with Crippen molar-refractivity contribution in [3.8, 4) is 28.3 Å². The number of carbonyl (C=O) groups is 2. The van der Waals surface area contributed by atoms with Gasteiger partial charge in [0.2, 0.25) is 11.8 Å². The zero-order chi connectivity index (χ0) is 33.8. The van der Waals surface area contributed by atoms with Gasteiger partial charge < -0.3 is 31.1 Å². The minimum absolute atomic E-state index is 0.0922. The molecule has 2 aromatic carbocycles. The SMILES string of the molecule is COc1nc(-c2cccc(-c3cccc(Nc4nccc5sc(CNCC(=O)O)nc45)c3Cl)c2Cl)cc(C)c1CNCC1CCC(=O)N1. The Balaban J connectivity index is 1.25. The van der Waals surface area contributed by atoms with Crippen molar-refractivity contribution in [1.29, 1.82) is 0 Å². The summed E-state index contributed by atoms with van der Waals surface area (Å²) >= 11 is 15.6. The topological polar surface area (TPSA) is 150 Å². The summed E-state index contributed by atoms with van der Waals surface area (Å²) in [4.78, 5) is 36.4. The Morgan fingerprint density at radius 2 is 1.83 bits per heavy atom. The van der Waals surface area contributed by atoms with Crippen molar-refractivity contribution < 1.29 is 19.4 Å². The van der Waals surface area contributed by atoms with Gasteiger partial charge in [0.25, 0.3) is 0 Å². The molecule has 5 N–H and O–H groups in total. The van der Waals surface area contributed by atoms with Gasteiger partial charge in [-0.25, -0.2) is 15.0 Å². The number of anilines is 2. The molecule has 1 saturated heterocycles. The van der Waals surface area contributed by atoms with Crippen LogP contribution in [0.5, 0.6) is 5.88 Å². The van der Waals surface area contributed by atoms with Crippen molar-refractivity contribution in [2.24, 2.45) is 0 Å². The highest BCUT2D eigenvalue weighted by molar-refractivity contribution is 7.18. The van der Waals surface area contributed by atoms with Gasteiger partial charge >= 0.3 is 5.97 Å². The van der Waals surface area contributed by atoms with E-state index in [4.69, 9.17) is 38.0 Å². The molecule has 4 heterocycles. The van der Waals surface area contributed by atoms with E-state index in [0.717, 1.165) is 43.9 Å². The third-order valence-corrected chi connectivity index (χ3v) is 9.84. The Hall–Kier alpha value is -4.33. The highest BCUT2D eigenvalue weighted by atomic mass is 35.5. The number of halogens is 2. The van der Waals surface area contributed by atoms with E-state index in [9.17, 15) is 9.59 Å². The molecule has 48 heavy (non-hydrogen) atoms. The number of hydrogen-bond acceptors (Lipinski definition) is 10. The third-order valence-electron chi connectivity index (χ3n) is 8.00. The Kier molecular flexibility index (Phi) is 10.4. The zero-order valence-corrected chi connectivity index (χ0v) is 28.5. The number of carboxylic acid groups (broad SMARTS) is 1. The number of fused-ring (bicyclic) bond motifs is 1. The first-order valence-corrected chi connectivity index (χ1v) is 16.9. The number of aromatic nitrogens is 3. The maximum atomic E-state index is 11.5. The largest absolute Gasteiger partial charge is 0.481 e. The van der Waals surface area contributed by atoms with Crippen LogP contribution < -0.4 is 26.0 Å². The number of ether oxygens (including phenoxy) is 1. The molecule has 1 aliphatic rings. The van der Waals surface area contributed by atoms with Crippen LogP contribution in [0.3, 0.4) is 0 Å². The van der Waals surface area contributed by atoms with E-state index in [2.05, 4.69) is 31.2 Å². The second kappa shape index (κ2) is 14.8. The molecule has 1 fully saturated rings. The minimum Gasteiger partial charge on any atom is -0.481 e. The van der Waals surface area contributed by atoms with E-state index in [-0.39, 0.29) is 18.5 Å². The zero-order valence-electron chi connectivity index (χ0n) is 26.2. The minimum atomic E-state index is -0.929. The van der Waals surface area contributed by atoms with Crippen LogP contribution in [0, 0.1) is 6.92 Å². The van der Waals surface area contributed by atoms with Gasteiger partial charge in [-0.1, -0.05) is 53.5 Å². The van der Waals surface area contributed by atoms with Gasteiger partial charge in [-0.05, 0) is 37.1 Å². The molecule has 0 saturated carbocycles. The molecule has 11 nitrogen and oxygen atoms in total. The number of amides is 1. The molecule has 14 heteroatoms. The fraction of sp³-hybridized carbons (Fsp3) is 0.265. The standard InChI is InChI=1S/C34H33Cl2N7O4S/c1-18-13-25(42-34(47-2)23(18)15-37-14-19-9-10-27(44)40-19)22-7-3-5-20(30(22)35)21-6-4-8-24(31(21)36)41-33-32-26(11-12-39-33)48-28(43-32)16-38-17-29(45)46/h3-8,11-13,19,37-38H,9-10,14-17H2,1-2H3,(H,39,41)(H,40,44)(H,45,46). The summed E-state index contributed by atoms with van der Waals surface area (Å²) in [7, 11) is 1.60. The predicted octanol–water partition coefficient (Wildman–Crippen LogP) is 6.33. The molecular formula is C34H33Cl2N7O4S. The van der Waals surface area contributed by atoms with E-state index in [1.54, 1.807) is 13.3 Å². The van der Waals surface area contributed by atoms with E-state index in [1.165, 1.54) is 11.3 Å². The number of benzene rings is 2. The lowest BCUT2D eigenvalue weighted by Crippen LogP contribution is -2.35. The van der Waals surface area contributed by atoms with Crippen molar-refractivity contribution in [2.75, 3.05) is 25.5 Å². The Morgan fingerprint density at radius 3 is 2.58 bits per heavy atom. The lowest BCUT2D eigenvalue weighted by molar-refractivity contribution is -0.136. The molecular weight excluding hydrogens is 673 g/mol. The monoisotopic (exact) mass is 705 g/mol. The van der Waals surface area contributed by atoms with Gasteiger partial charge in [0.1, 0.15) is 10.5 Å². The smallest absolute Gasteiger partial charge is 0.317 e. The average molecular weight is 707 g/mol. The van der Waals surface area contributed by atoms with E-state index >= 15 is 0 Å². The van der Waals surface area contributed by atoms with Crippen molar-refractivity contribution >= 4 is 68.1 Å². The summed E-state index contributed by atoms with van der Waals surface area (Å²) in [5.41, 5.74) is 6.08. The van der Waals surface area contributed by atoms with Crippen molar-refractivity contribution in [1.82, 2.24) is 30.9 Å². The number of nitrogens with zero attached hydrogens (tertiary/aromatic N) is 3. The number of pyridine rings is 2. The Morgan fingerprint density at radius 1 is 1.06 bits per heavy atom. The van der Waals surface area contributed by atoms with Crippen molar-refractivity contribution in [3.05, 3.63) is 80.9 Å². The molecule has 0 radical (unpaired) electrons. The Labute approximate surface area is 291 Å². The van der Waals surface area contributed by atoms with Crippen LogP contribution in [-0.4, -0.2) is 58.2 Å². The van der Waals surface area contributed by atoms with Crippen LogP contribution in [0.4, 0.5) is 11.5 Å². The van der Waals surface area contributed by atoms with Crippen molar-refractivity contribution in [2.45, 2.75) is 38.9 Å². The number of aryl methyl sites for hydroxylation is 1. The Bertz CT molecular complexity index is 2000. The van der Waals surface area contributed by atoms with Gasteiger partial charge in [-0.15, -0.1) is 11.3 Å². The van der Waals surface area contributed by atoms with Gasteiger partial charge in [-0.2, -0.15) is 0 Å². The quantitative estimate of drug-likeness (QED) is 0.0940. The fourth-order valence-electron chi connectivity index (χ4n) is 5.64. The predicted molar refractivity (Wildman–Crippen MR) is 189 cm³/mol. The average Bonchev–Trinajstić information content (AvgIpc) is 3.68. The summed E-state index contributed by atoms with van der Waals surface area (Å²) in [6.07, 6.45) is 3.08. The molecule has 1 atom stereocenters. The highest BCUT2D eigenvalue weighted by Gasteiger charge is 2.22. The van der Waals surface area contributed by atoms with E-state index in [0.29, 0.717) is 64.7 Å². The molecule has 1 aliphatic heterocycles. The molecule has 0 aliphatic carbocycles. The first kappa shape index (κ1) is 33.6. The lowest BCUT2D eigenvalue weighted by atomic mass is 9.99. The second-order valence-corrected chi connectivity index (χ2v) is 13.2. The summed E-state index contributed by atoms with van der Waals surface area (Å²) in [5, 5.41) is 23.2. The van der Waals surface area contributed by atoms with Crippen LogP contribution in [0.2, 0.25) is 10.0 Å². The summed E-state index contributed by atoms with van der Waals surface area (Å²) in [6.45, 7) is 3.40. The number of aliphatic carboxylic acids is 1. The molecule has 3 aromatic heterocycles. The number of hydrogen-bond donors (Lipinski definition) is 5. The number of nitrogens with one attached hydrogen (secondary N) is 4. The molecule has 0 spiro atoms. The van der Waals surface area contributed by atoms with Crippen LogP contribution in [-0.2, 0) is 22.7 Å². The van der Waals surface area contributed by atoms with Gasteiger partial charge in [0, 0.05) is 60.5 Å². The number of rotatable bonds is 13. The normalized spacial score (nSPS) is 14.3. The molecule has 248 valence electrons. The number of carbonyl (C=O) groups excluding carboxylic acids is 1. The first-order chi connectivity index (χ1) is 23.2. The third kappa shape index (κ3) is 7.38. The maximum absolute atomic E-state index is 11.5. The van der Waals surface area contributed by atoms with Crippen molar-refractivity contribution in [3.63, 3.8) is 0 Å². The number of thiazole rings is 1. The van der Waals surface area contributed by atoms with Crippen LogP contribution in [0.1, 0.15) is 29.0 Å². The lowest BCUT2D eigenvalue weighted by Gasteiger charge is -2.17. The number of methoxy groups -OCH3 is 1. The first-order valence-electron chi connectivity index (χ1n) is 15.3. The van der Waals surface area contributed by atoms with Gasteiger partial charge in [0.05, 0.1) is 39.8 Å². The maximum Gasteiger partial charge on any atom is 0.317 e. The molecule has 1 unspecified atom stereocenters. The summed E-state index contributed by atoms with van der Waals surface area (Å²) < 4.78 is 6.61. The second-order valence-electron chi connectivity index (χ2n) is 11.3. The molecule has 6 rings (SSSR count). The molecule has 0 bridgehead atoms. The number of carboxylic acids is 1. The van der Waals surface area contributed by atoms with Crippen LogP contribution in [0.25, 0.3) is 32.6 Å². The summed E-state index contributed by atoms with van der Waals surface area (Å²) in [5.74, 6) is 0.195. The van der Waals surface area contributed by atoms with Gasteiger partial charge in [0.15, 0.2) is 5.82 Å². The van der Waals surface area contributed by atoms with E-state index in [1.807, 2.05) is 55.5 Å². The highest BCUT2D eigenvalue weighted by Crippen LogP contribution is 2.42. The van der Waals surface area contributed by atoms with Gasteiger partial charge in [-0.3, -0.25) is 9.59 Å². The molecule has 5 aromatic rings. The molecule has 1 amide bonds. The van der Waals surface area contributed by atoms with Crippen LogP contribution in [0.15, 0.2) is 54.7 Å². The van der Waals surface area contributed by atoms with E-state index < -0.39 is 5.97 Å². The van der Waals surface area contributed by atoms with Crippen LogP contribution >= 0.6 is 34.5 Å². The summed E-state index contributed by atoms with van der Waals surface area (Å²) in [6, 6.07) is 15.4. The fourth-order valence-corrected chi connectivity index (χ4v) is 7.17.